The molecule has 1 amide bonds. The van der Waals surface area contributed by atoms with Gasteiger partial charge in [-0.3, -0.25) is 4.79 Å². The van der Waals surface area contributed by atoms with Crippen LogP contribution in [0.2, 0.25) is 0 Å². The van der Waals surface area contributed by atoms with Crippen LogP contribution in [-0.4, -0.2) is 42.2 Å². The Morgan fingerprint density at radius 2 is 1.96 bits per heavy atom. The van der Waals surface area contributed by atoms with Crippen LogP contribution in [0.5, 0.6) is 11.5 Å². The molecule has 1 aliphatic rings. The summed E-state index contributed by atoms with van der Waals surface area (Å²) in [6, 6.07) is 9.34. The zero-order chi connectivity index (χ0) is 16.8. The summed E-state index contributed by atoms with van der Waals surface area (Å²) in [6.45, 7) is 1.03. The van der Waals surface area contributed by atoms with Crippen LogP contribution in [0.3, 0.4) is 0 Å². The molecule has 0 aliphatic heterocycles. The van der Waals surface area contributed by atoms with Crippen molar-refractivity contribution in [3.8, 4) is 11.5 Å². The third-order valence-corrected chi connectivity index (χ3v) is 3.55. The van der Waals surface area contributed by atoms with Crippen molar-refractivity contribution < 1.29 is 14.3 Å². The average Bonchev–Trinajstić information content (AvgIpc) is 3.43. The van der Waals surface area contributed by atoms with Crippen molar-refractivity contribution in [2.45, 2.75) is 18.9 Å². The second-order valence-electron chi connectivity index (χ2n) is 5.49. The van der Waals surface area contributed by atoms with E-state index in [0.717, 1.165) is 24.3 Å². The van der Waals surface area contributed by atoms with Gasteiger partial charge in [-0.2, -0.15) is 0 Å². The Labute approximate surface area is 140 Å². The first-order valence-electron chi connectivity index (χ1n) is 7.88. The van der Waals surface area contributed by atoms with Crippen molar-refractivity contribution in [2.24, 2.45) is 0 Å². The number of nitrogens with one attached hydrogen (secondary N) is 2. The summed E-state index contributed by atoms with van der Waals surface area (Å²) in [5.74, 6) is 2.00. The fourth-order valence-electron chi connectivity index (χ4n) is 2.09. The lowest BCUT2D eigenvalue weighted by atomic mass is 10.3. The van der Waals surface area contributed by atoms with Crippen molar-refractivity contribution >= 4 is 11.7 Å². The van der Waals surface area contributed by atoms with Gasteiger partial charge in [0.1, 0.15) is 35.9 Å². The average molecular weight is 328 g/mol. The number of benzene rings is 1. The molecule has 7 nitrogen and oxygen atoms in total. The van der Waals surface area contributed by atoms with E-state index in [4.69, 9.17) is 9.47 Å². The first kappa shape index (κ1) is 16.0. The summed E-state index contributed by atoms with van der Waals surface area (Å²) < 4.78 is 10.7. The van der Waals surface area contributed by atoms with Gasteiger partial charge in [0, 0.05) is 12.1 Å². The minimum absolute atomic E-state index is 0.155. The van der Waals surface area contributed by atoms with E-state index in [1.165, 1.54) is 6.33 Å². The first-order valence-corrected chi connectivity index (χ1v) is 7.88. The van der Waals surface area contributed by atoms with Gasteiger partial charge in [-0.25, -0.2) is 9.97 Å². The molecule has 0 radical (unpaired) electrons. The van der Waals surface area contributed by atoms with Gasteiger partial charge in [0.05, 0.1) is 13.7 Å². The van der Waals surface area contributed by atoms with Crippen LogP contribution in [0.1, 0.15) is 23.3 Å². The van der Waals surface area contributed by atoms with E-state index in [9.17, 15) is 4.79 Å². The highest BCUT2D eigenvalue weighted by Gasteiger charge is 2.24. The molecule has 1 fully saturated rings. The van der Waals surface area contributed by atoms with Crippen molar-refractivity contribution in [2.75, 3.05) is 25.6 Å². The van der Waals surface area contributed by atoms with Gasteiger partial charge in [0.25, 0.3) is 5.91 Å². The van der Waals surface area contributed by atoms with Crippen LogP contribution in [-0.2, 0) is 0 Å². The maximum absolute atomic E-state index is 12.0. The Balaban J connectivity index is 1.44. The summed E-state index contributed by atoms with van der Waals surface area (Å²) in [4.78, 5) is 20.1. The Morgan fingerprint density at radius 1 is 1.21 bits per heavy atom. The molecule has 0 bridgehead atoms. The standard InChI is InChI=1S/C17H20N4O3/c1-23-13-4-6-14(7-5-13)24-9-8-18-16-10-15(19-11-20-16)17(22)21-12-2-3-12/h4-7,10-12H,2-3,8-9H2,1H3,(H,21,22)(H,18,19,20). The fourth-order valence-corrected chi connectivity index (χ4v) is 2.09. The molecule has 2 aromatic rings. The molecule has 7 heteroatoms. The van der Waals surface area contributed by atoms with E-state index in [-0.39, 0.29) is 5.91 Å². The molecule has 2 N–H and O–H groups in total. The lowest BCUT2D eigenvalue weighted by molar-refractivity contribution is 0.0946. The molecule has 0 unspecified atom stereocenters. The molecule has 1 aromatic heterocycles. The summed E-state index contributed by atoms with van der Waals surface area (Å²) >= 11 is 0. The number of nitrogens with zero attached hydrogens (tertiary/aromatic N) is 2. The zero-order valence-corrected chi connectivity index (χ0v) is 13.5. The molecule has 1 aliphatic carbocycles. The summed E-state index contributed by atoms with van der Waals surface area (Å²) in [6.07, 6.45) is 3.48. The van der Waals surface area contributed by atoms with Gasteiger partial charge in [0.15, 0.2) is 0 Å². The molecule has 126 valence electrons. The Morgan fingerprint density at radius 3 is 2.67 bits per heavy atom. The monoisotopic (exact) mass is 328 g/mol. The van der Waals surface area contributed by atoms with E-state index in [1.807, 2.05) is 24.3 Å². The number of aromatic nitrogens is 2. The van der Waals surface area contributed by atoms with Gasteiger partial charge in [0.2, 0.25) is 0 Å². The molecule has 3 rings (SSSR count). The quantitative estimate of drug-likeness (QED) is 0.720. The predicted octanol–water partition coefficient (Wildman–Crippen LogP) is 1.87. The second-order valence-corrected chi connectivity index (χ2v) is 5.49. The molecular weight excluding hydrogens is 308 g/mol. The van der Waals surface area contributed by atoms with Crippen molar-refractivity contribution in [3.63, 3.8) is 0 Å². The van der Waals surface area contributed by atoms with E-state index in [2.05, 4.69) is 20.6 Å². The fraction of sp³-hybridized carbons (Fsp3) is 0.353. The van der Waals surface area contributed by atoms with Crippen LogP contribution >= 0.6 is 0 Å². The SMILES string of the molecule is COc1ccc(OCCNc2cc(C(=O)NC3CC3)ncn2)cc1. The van der Waals surface area contributed by atoms with Crippen LogP contribution in [0, 0.1) is 0 Å². The highest BCUT2D eigenvalue weighted by Crippen LogP contribution is 2.19. The van der Waals surface area contributed by atoms with Gasteiger partial charge < -0.3 is 20.1 Å². The van der Waals surface area contributed by atoms with E-state index < -0.39 is 0 Å². The number of anilines is 1. The minimum Gasteiger partial charge on any atom is -0.497 e. The molecule has 1 heterocycles. The van der Waals surface area contributed by atoms with E-state index in [0.29, 0.717) is 30.7 Å². The number of hydrogen-bond donors (Lipinski definition) is 2. The van der Waals surface area contributed by atoms with Gasteiger partial charge in [-0.05, 0) is 37.1 Å². The minimum atomic E-state index is -0.155. The van der Waals surface area contributed by atoms with Gasteiger partial charge >= 0.3 is 0 Å². The lowest BCUT2D eigenvalue weighted by Crippen LogP contribution is -2.26. The maximum Gasteiger partial charge on any atom is 0.270 e. The smallest absolute Gasteiger partial charge is 0.270 e. The molecular formula is C17H20N4O3. The lowest BCUT2D eigenvalue weighted by Gasteiger charge is -2.09. The molecule has 0 spiro atoms. The molecule has 24 heavy (non-hydrogen) atoms. The summed E-state index contributed by atoms with van der Waals surface area (Å²) in [5, 5.41) is 6.02. The highest BCUT2D eigenvalue weighted by molar-refractivity contribution is 5.93. The van der Waals surface area contributed by atoms with Gasteiger partial charge in [-0.1, -0.05) is 0 Å². The van der Waals surface area contributed by atoms with Gasteiger partial charge in [-0.15, -0.1) is 0 Å². The number of rotatable bonds is 8. The number of carbonyl (C=O) groups excluding carboxylic acids is 1. The largest absolute Gasteiger partial charge is 0.497 e. The number of hydrogen-bond acceptors (Lipinski definition) is 6. The normalized spacial score (nSPS) is 13.2. The Kier molecular flexibility index (Phi) is 5.10. The molecule has 1 saturated carbocycles. The molecule has 0 atom stereocenters. The number of methoxy groups -OCH3 is 1. The Bertz CT molecular complexity index is 686. The first-order chi connectivity index (χ1) is 11.7. The number of amides is 1. The third-order valence-electron chi connectivity index (χ3n) is 3.55. The number of ether oxygens (including phenoxy) is 2. The van der Waals surface area contributed by atoms with Crippen LogP contribution < -0.4 is 20.1 Å². The highest BCUT2D eigenvalue weighted by atomic mass is 16.5. The van der Waals surface area contributed by atoms with Crippen molar-refractivity contribution in [3.05, 3.63) is 42.4 Å². The summed E-state index contributed by atoms with van der Waals surface area (Å²) in [7, 11) is 1.63. The predicted molar refractivity (Wildman–Crippen MR) is 89.5 cm³/mol. The van der Waals surface area contributed by atoms with E-state index >= 15 is 0 Å². The van der Waals surface area contributed by atoms with E-state index in [1.54, 1.807) is 13.2 Å². The second kappa shape index (κ2) is 7.63. The zero-order valence-electron chi connectivity index (χ0n) is 13.5. The van der Waals surface area contributed by atoms with Crippen LogP contribution in [0.15, 0.2) is 36.7 Å². The molecule has 1 aromatic carbocycles. The topological polar surface area (TPSA) is 85.4 Å². The van der Waals surface area contributed by atoms with Crippen molar-refractivity contribution in [1.29, 1.82) is 0 Å². The van der Waals surface area contributed by atoms with Crippen LogP contribution in [0.4, 0.5) is 5.82 Å². The summed E-state index contributed by atoms with van der Waals surface area (Å²) in [5.41, 5.74) is 0.371. The van der Waals surface area contributed by atoms with Crippen molar-refractivity contribution in [1.82, 2.24) is 15.3 Å². The van der Waals surface area contributed by atoms with Crippen LogP contribution in [0.25, 0.3) is 0 Å². The maximum atomic E-state index is 12.0. The molecule has 0 saturated heterocycles. The third kappa shape index (κ3) is 4.58. The number of carbonyl (C=O) groups is 1. The Hall–Kier alpha value is -2.83.